The zero-order valence-corrected chi connectivity index (χ0v) is 13.0. The number of aryl methyl sites for hydroxylation is 2. The van der Waals surface area contributed by atoms with Crippen LogP contribution in [0.3, 0.4) is 0 Å². The van der Waals surface area contributed by atoms with Crippen LogP contribution in [0.2, 0.25) is 0 Å². The Hall–Kier alpha value is -1.88. The number of carboxylic acids is 1. The maximum absolute atomic E-state index is 12.2. The van der Waals surface area contributed by atoms with E-state index in [9.17, 15) is 14.7 Å². The third kappa shape index (κ3) is 2.41. The summed E-state index contributed by atoms with van der Waals surface area (Å²) in [6, 6.07) is 6.96. The summed E-state index contributed by atoms with van der Waals surface area (Å²) in [6.07, 6.45) is 0. The number of aromatic carboxylic acids is 1. The van der Waals surface area contributed by atoms with E-state index < -0.39 is 5.97 Å². The summed E-state index contributed by atoms with van der Waals surface area (Å²) in [5, 5.41) is 9.31. The molecular formula is C15H14BrNO3. The highest BCUT2D eigenvalue weighted by Crippen LogP contribution is 2.24. The number of pyridine rings is 1. The molecule has 0 fully saturated rings. The van der Waals surface area contributed by atoms with Gasteiger partial charge in [-0.15, -0.1) is 0 Å². The molecule has 0 aliphatic heterocycles. The molecule has 20 heavy (non-hydrogen) atoms. The van der Waals surface area contributed by atoms with Crippen molar-refractivity contribution < 1.29 is 9.90 Å². The minimum atomic E-state index is -1.03. The average molecular weight is 336 g/mol. The van der Waals surface area contributed by atoms with E-state index in [1.54, 1.807) is 13.8 Å². The summed E-state index contributed by atoms with van der Waals surface area (Å²) in [7, 11) is 0. The molecule has 0 amide bonds. The number of halogens is 1. The highest BCUT2D eigenvalue weighted by Gasteiger charge is 2.17. The molecule has 0 spiro atoms. The van der Waals surface area contributed by atoms with Crippen LogP contribution in [0, 0.1) is 20.8 Å². The molecule has 104 valence electrons. The third-order valence-electron chi connectivity index (χ3n) is 3.21. The normalized spacial score (nSPS) is 10.6. The molecule has 1 heterocycles. The second-order valence-electron chi connectivity index (χ2n) is 4.72. The lowest BCUT2D eigenvalue weighted by atomic mass is 10.1. The molecule has 5 heteroatoms. The summed E-state index contributed by atoms with van der Waals surface area (Å²) in [5.74, 6) is -1.03. The van der Waals surface area contributed by atoms with E-state index in [-0.39, 0.29) is 11.1 Å². The average Bonchev–Trinajstić information content (AvgIpc) is 2.32. The summed E-state index contributed by atoms with van der Waals surface area (Å²) in [6.45, 7) is 5.20. The highest BCUT2D eigenvalue weighted by molar-refractivity contribution is 9.10. The van der Waals surface area contributed by atoms with Gasteiger partial charge in [0.2, 0.25) is 0 Å². The standard InChI is InChI=1S/C15H14BrNO3/c1-8-4-5-11(16)12(6-8)17-10(3)14(15(19)20)9(2)7-13(17)18/h4-7H,1-3H3,(H,19,20). The minimum Gasteiger partial charge on any atom is -0.478 e. The fraction of sp³-hybridized carbons (Fsp3) is 0.200. The summed E-state index contributed by atoms with van der Waals surface area (Å²) < 4.78 is 2.17. The van der Waals surface area contributed by atoms with Crippen molar-refractivity contribution in [1.82, 2.24) is 4.57 Å². The number of carbonyl (C=O) groups is 1. The van der Waals surface area contributed by atoms with Gasteiger partial charge in [-0.2, -0.15) is 0 Å². The smallest absolute Gasteiger partial charge is 0.337 e. The number of nitrogens with zero attached hydrogens (tertiary/aromatic N) is 1. The van der Waals surface area contributed by atoms with E-state index in [1.165, 1.54) is 10.6 Å². The number of hydrogen-bond donors (Lipinski definition) is 1. The molecule has 0 saturated heterocycles. The highest BCUT2D eigenvalue weighted by atomic mass is 79.9. The molecule has 1 aromatic heterocycles. The predicted molar refractivity (Wildman–Crippen MR) is 80.9 cm³/mol. The van der Waals surface area contributed by atoms with Crippen LogP contribution in [0.1, 0.15) is 27.2 Å². The van der Waals surface area contributed by atoms with Gasteiger partial charge in [-0.1, -0.05) is 6.07 Å². The van der Waals surface area contributed by atoms with Crippen molar-refractivity contribution >= 4 is 21.9 Å². The second-order valence-corrected chi connectivity index (χ2v) is 5.58. The van der Waals surface area contributed by atoms with Crippen molar-refractivity contribution in [3.63, 3.8) is 0 Å². The summed E-state index contributed by atoms with van der Waals surface area (Å²) in [4.78, 5) is 23.6. The van der Waals surface area contributed by atoms with Crippen molar-refractivity contribution in [2.24, 2.45) is 0 Å². The molecule has 0 radical (unpaired) electrons. The van der Waals surface area contributed by atoms with Crippen LogP contribution in [-0.4, -0.2) is 15.6 Å². The van der Waals surface area contributed by atoms with Crippen molar-refractivity contribution in [2.45, 2.75) is 20.8 Å². The molecule has 2 rings (SSSR count). The fourth-order valence-corrected chi connectivity index (χ4v) is 2.73. The maximum Gasteiger partial charge on any atom is 0.337 e. The van der Waals surface area contributed by atoms with Crippen LogP contribution in [0.5, 0.6) is 0 Å². The van der Waals surface area contributed by atoms with E-state index in [0.29, 0.717) is 16.9 Å². The molecule has 0 unspecified atom stereocenters. The number of aromatic nitrogens is 1. The zero-order valence-electron chi connectivity index (χ0n) is 11.4. The lowest BCUT2D eigenvalue weighted by Gasteiger charge is -2.15. The Bertz CT molecular complexity index is 762. The van der Waals surface area contributed by atoms with E-state index in [0.717, 1.165) is 10.0 Å². The monoisotopic (exact) mass is 335 g/mol. The molecule has 0 atom stereocenters. The first-order valence-corrected chi connectivity index (χ1v) is 6.85. The lowest BCUT2D eigenvalue weighted by molar-refractivity contribution is 0.0694. The first-order valence-electron chi connectivity index (χ1n) is 6.06. The van der Waals surface area contributed by atoms with E-state index >= 15 is 0 Å². The lowest BCUT2D eigenvalue weighted by Crippen LogP contribution is -2.24. The van der Waals surface area contributed by atoms with Crippen LogP contribution < -0.4 is 5.56 Å². The van der Waals surface area contributed by atoms with E-state index in [1.807, 2.05) is 25.1 Å². The van der Waals surface area contributed by atoms with E-state index in [2.05, 4.69) is 15.9 Å². The van der Waals surface area contributed by atoms with Crippen molar-refractivity contribution in [2.75, 3.05) is 0 Å². The van der Waals surface area contributed by atoms with Gasteiger partial charge in [0.15, 0.2) is 0 Å². The minimum absolute atomic E-state index is 0.165. The van der Waals surface area contributed by atoms with Gasteiger partial charge in [0.1, 0.15) is 0 Å². The molecule has 0 saturated carbocycles. The Labute approximate surface area is 124 Å². The number of benzene rings is 1. The number of hydrogen-bond acceptors (Lipinski definition) is 2. The van der Waals surface area contributed by atoms with Gasteiger partial charge in [0, 0.05) is 16.2 Å². The molecule has 0 bridgehead atoms. The van der Waals surface area contributed by atoms with Crippen LogP contribution in [-0.2, 0) is 0 Å². The van der Waals surface area contributed by atoms with Crippen molar-refractivity contribution in [3.8, 4) is 5.69 Å². The SMILES string of the molecule is Cc1ccc(Br)c(-n2c(C)c(C(=O)O)c(C)cc2=O)c1. The van der Waals surface area contributed by atoms with Gasteiger partial charge in [0.05, 0.1) is 11.3 Å². The Morgan fingerprint density at radius 2 is 1.85 bits per heavy atom. The first-order chi connectivity index (χ1) is 9.32. The fourth-order valence-electron chi connectivity index (χ4n) is 2.30. The van der Waals surface area contributed by atoms with Crippen molar-refractivity contribution in [1.29, 1.82) is 0 Å². The third-order valence-corrected chi connectivity index (χ3v) is 3.88. The van der Waals surface area contributed by atoms with Crippen LogP contribution in [0.25, 0.3) is 5.69 Å². The topological polar surface area (TPSA) is 59.3 Å². The molecule has 0 aliphatic carbocycles. The van der Waals surface area contributed by atoms with Crippen LogP contribution in [0.4, 0.5) is 0 Å². The maximum atomic E-state index is 12.2. The second kappa shape index (κ2) is 5.25. The van der Waals surface area contributed by atoms with Gasteiger partial charge in [-0.05, 0) is 60.0 Å². The largest absolute Gasteiger partial charge is 0.478 e. The molecular weight excluding hydrogens is 322 g/mol. The van der Waals surface area contributed by atoms with Gasteiger partial charge >= 0.3 is 5.97 Å². The van der Waals surface area contributed by atoms with Gasteiger partial charge in [-0.25, -0.2) is 4.79 Å². The van der Waals surface area contributed by atoms with Gasteiger partial charge < -0.3 is 5.11 Å². The Morgan fingerprint density at radius 3 is 2.45 bits per heavy atom. The molecule has 4 nitrogen and oxygen atoms in total. The first kappa shape index (κ1) is 14.5. The summed E-state index contributed by atoms with van der Waals surface area (Å²) in [5.41, 5.74) is 2.46. The van der Waals surface area contributed by atoms with Gasteiger partial charge in [-0.3, -0.25) is 9.36 Å². The zero-order chi connectivity index (χ0) is 15.0. The number of carboxylic acid groups (broad SMARTS) is 1. The Morgan fingerprint density at radius 1 is 1.20 bits per heavy atom. The number of rotatable bonds is 2. The summed E-state index contributed by atoms with van der Waals surface area (Å²) >= 11 is 3.41. The molecule has 2 aromatic rings. The Kier molecular flexibility index (Phi) is 3.81. The van der Waals surface area contributed by atoms with Crippen molar-refractivity contribution in [3.05, 3.63) is 61.5 Å². The van der Waals surface area contributed by atoms with Crippen LogP contribution in [0.15, 0.2) is 33.5 Å². The molecule has 1 N–H and O–H groups in total. The Balaban J connectivity index is 2.88. The van der Waals surface area contributed by atoms with Crippen LogP contribution >= 0.6 is 15.9 Å². The van der Waals surface area contributed by atoms with Gasteiger partial charge in [0.25, 0.3) is 5.56 Å². The predicted octanol–water partition coefficient (Wildman–Crippen LogP) is 3.22. The molecule has 0 aliphatic rings. The molecule has 1 aromatic carbocycles. The quantitative estimate of drug-likeness (QED) is 0.916. The van der Waals surface area contributed by atoms with E-state index in [4.69, 9.17) is 0 Å².